The van der Waals surface area contributed by atoms with Crippen molar-refractivity contribution in [1.29, 1.82) is 0 Å². The third kappa shape index (κ3) is 4.86. The zero-order valence-electron chi connectivity index (χ0n) is 17.0. The lowest BCUT2D eigenvalue weighted by atomic mass is 10.1. The summed E-state index contributed by atoms with van der Waals surface area (Å²) >= 11 is 0. The number of nitrogen functional groups attached to an aromatic ring is 1. The summed E-state index contributed by atoms with van der Waals surface area (Å²) in [5.74, 6) is 2.28. The van der Waals surface area contributed by atoms with Crippen molar-refractivity contribution >= 4 is 36.3 Å². The number of hydrogen-bond acceptors (Lipinski definition) is 7. The molecule has 0 amide bonds. The van der Waals surface area contributed by atoms with E-state index in [0.717, 1.165) is 40.9 Å². The van der Waals surface area contributed by atoms with Gasteiger partial charge in [0.05, 0.1) is 44.5 Å². The topological polar surface area (TPSA) is 107 Å². The summed E-state index contributed by atoms with van der Waals surface area (Å²) in [4.78, 5) is 8.74. The number of aromatic nitrogens is 3. The number of benzene rings is 1. The van der Waals surface area contributed by atoms with E-state index >= 15 is 0 Å². The normalized spacial score (nSPS) is 11.7. The number of nitrogens with one attached hydrogen (secondary N) is 1. The molecule has 0 aliphatic heterocycles. The van der Waals surface area contributed by atoms with Crippen molar-refractivity contribution in [3.05, 3.63) is 36.0 Å². The number of nitrogens with zero attached hydrogens (tertiary/aromatic N) is 3. The van der Waals surface area contributed by atoms with Crippen molar-refractivity contribution in [3.63, 3.8) is 0 Å². The number of nitrogens with two attached hydrogens (primary N) is 1. The first-order chi connectivity index (χ1) is 13.6. The van der Waals surface area contributed by atoms with Crippen molar-refractivity contribution in [2.24, 2.45) is 0 Å². The van der Waals surface area contributed by atoms with Gasteiger partial charge in [-0.2, -0.15) is 18.5 Å². The van der Waals surface area contributed by atoms with E-state index in [0.29, 0.717) is 12.4 Å². The molecule has 0 spiro atoms. The molecule has 0 saturated heterocycles. The van der Waals surface area contributed by atoms with Crippen LogP contribution >= 0.6 is 13.5 Å². The van der Waals surface area contributed by atoms with E-state index in [9.17, 15) is 5.11 Å². The van der Waals surface area contributed by atoms with Crippen molar-refractivity contribution in [2.45, 2.75) is 32.4 Å². The molecule has 1 atom stereocenters. The maximum absolute atomic E-state index is 9.67. The third-order valence-electron chi connectivity index (χ3n) is 4.68. The van der Waals surface area contributed by atoms with Gasteiger partial charge in [-0.1, -0.05) is 19.4 Å². The second kappa shape index (κ2) is 10.2. The summed E-state index contributed by atoms with van der Waals surface area (Å²) in [6, 6.07) is 7.49. The number of hydrogen-bond donors (Lipinski definition) is 3. The van der Waals surface area contributed by atoms with Crippen LogP contribution in [0.3, 0.4) is 0 Å². The lowest BCUT2D eigenvalue weighted by Gasteiger charge is -2.19. The van der Waals surface area contributed by atoms with Gasteiger partial charge in [-0.15, -0.1) is 0 Å². The minimum Gasteiger partial charge on any atom is -0.496 e. The van der Waals surface area contributed by atoms with Gasteiger partial charge in [-0.3, -0.25) is 0 Å². The molecular formula is C20H29N5O3S. The molecule has 9 heteroatoms. The fourth-order valence-electron chi connectivity index (χ4n) is 3.36. The summed E-state index contributed by atoms with van der Waals surface area (Å²) in [6.07, 6.45) is 3.70. The van der Waals surface area contributed by atoms with Gasteiger partial charge in [-0.25, -0.2) is 4.98 Å². The van der Waals surface area contributed by atoms with E-state index < -0.39 is 0 Å². The van der Waals surface area contributed by atoms with Gasteiger partial charge in [0.2, 0.25) is 5.95 Å². The summed E-state index contributed by atoms with van der Waals surface area (Å²) in [7, 11) is 3.28. The van der Waals surface area contributed by atoms with Crippen LogP contribution in [0, 0.1) is 0 Å². The molecule has 158 valence electrons. The number of anilines is 2. The summed E-state index contributed by atoms with van der Waals surface area (Å²) < 4.78 is 13.1. The van der Waals surface area contributed by atoms with Crippen molar-refractivity contribution in [3.8, 4) is 11.5 Å². The Morgan fingerprint density at radius 3 is 2.45 bits per heavy atom. The highest BCUT2D eigenvalue weighted by Gasteiger charge is 2.17. The average molecular weight is 420 g/mol. The Kier molecular flexibility index (Phi) is 7.98. The number of aliphatic hydroxyl groups is 1. The molecule has 3 aromatic rings. The monoisotopic (exact) mass is 419 g/mol. The van der Waals surface area contributed by atoms with Gasteiger partial charge < -0.3 is 30.2 Å². The molecule has 0 bridgehead atoms. The fraction of sp³-hybridized carbons (Fsp3) is 0.400. The van der Waals surface area contributed by atoms with Gasteiger partial charge in [-0.05, 0) is 24.6 Å². The molecule has 1 aromatic carbocycles. The molecule has 0 radical (unpaired) electrons. The lowest BCUT2D eigenvalue weighted by molar-refractivity contribution is 0.268. The number of rotatable bonds is 9. The fourth-order valence-corrected chi connectivity index (χ4v) is 3.36. The molecule has 2 heterocycles. The van der Waals surface area contributed by atoms with Gasteiger partial charge in [0.25, 0.3) is 0 Å². The van der Waals surface area contributed by atoms with E-state index in [2.05, 4.69) is 22.2 Å². The SMILES string of the molecule is CCC[C@@H](CO)Nc1nc(N)nc2ccn(Cc3c(OC)cccc3OC)c12.S. The van der Waals surface area contributed by atoms with E-state index in [1.165, 1.54) is 0 Å². The van der Waals surface area contributed by atoms with Crippen LogP contribution in [0.5, 0.6) is 11.5 Å². The van der Waals surface area contributed by atoms with Crippen LogP contribution in [0.1, 0.15) is 25.3 Å². The summed E-state index contributed by atoms with van der Waals surface area (Å²) in [6.45, 7) is 2.60. The van der Waals surface area contributed by atoms with Crippen LogP contribution < -0.4 is 20.5 Å². The first-order valence-corrected chi connectivity index (χ1v) is 9.30. The Hall–Kier alpha value is -2.65. The molecule has 3 rings (SSSR count). The van der Waals surface area contributed by atoms with Crippen molar-refractivity contribution in [2.75, 3.05) is 31.9 Å². The maximum Gasteiger partial charge on any atom is 0.222 e. The molecular weight excluding hydrogens is 390 g/mol. The maximum atomic E-state index is 9.67. The smallest absolute Gasteiger partial charge is 0.222 e. The van der Waals surface area contributed by atoms with Gasteiger partial charge in [0, 0.05) is 6.20 Å². The van der Waals surface area contributed by atoms with E-state index in [-0.39, 0.29) is 32.1 Å². The predicted molar refractivity (Wildman–Crippen MR) is 120 cm³/mol. The number of ether oxygens (including phenoxy) is 2. The van der Waals surface area contributed by atoms with Crippen molar-refractivity contribution < 1.29 is 14.6 Å². The van der Waals surface area contributed by atoms with Crippen molar-refractivity contribution in [1.82, 2.24) is 14.5 Å². The molecule has 0 unspecified atom stereocenters. The molecule has 0 aliphatic rings. The van der Waals surface area contributed by atoms with Crippen LogP contribution in [0.25, 0.3) is 11.0 Å². The van der Waals surface area contributed by atoms with Crippen LogP contribution in [0.4, 0.5) is 11.8 Å². The second-order valence-corrected chi connectivity index (χ2v) is 6.56. The van der Waals surface area contributed by atoms with E-state index in [1.807, 2.05) is 35.0 Å². The molecule has 4 N–H and O–H groups in total. The lowest BCUT2D eigenvalue weighted by Crippen LogP contribution is -2.25. The standard InChI is InChI=1S/C20H27N5O3.H2S/c1-4-6-13(12-26)22-19-18-15(23-20(21)24-19)9-10-25(18)11-14-16(27-2)7-5-8-17(14)28-3;/h5,7-10,13,26H,4,6,11-12H2,1-3H3,(H3,21,22,23,24);1H2/t13-;/m0./s1. The van der Waals surface area contributed by atoms with Gasteiger partial charge in [0.15, 0.2) is 5.82 Å². The number of fused-ring (bicyclic) bond motifs is 1. The third-order valence-corrected chi connectivity index (χ3v) is 4.68. The van der Waals surface area contributed by atoms with Gasteiger partial charge in [0.1, 0.15) is 17.0 Å². The zero-order valence-corrected chi connectivity index (χ0v) is 18.0. The Morgan fingerprint density at radius 1 is 1.17 bits per heavy atom. The highest BCUT2D eigenvalue weighted by Crippen LogP contribution is 2.31. The van der Waals surface area contributed by atoms with E-state index in [1.54, 1.807) is 14.2 Å². The zero-order chi connectivity index (χ0) is 20.1. The van der Waals surface area contributed by atoms with Gasteiger partial charge >= 0.3 is 0 Å². The van der Waals surface area contributed by atoms with E-state index in [4.69, 9.17) is 15.2 Å². The van der Waals surface area contributed by atoms with Crippen LogP contribution in [0.15, 0.2) is 30.5 Å². The van der Waals surface area contributed by atoms with Crippen LogP contribution in [-0.2, 0) is 6.54 Å². The minimum atomic E-state index is -0.105. The van der Waals surface area contributed by atoms with Crippen LogP contribution in [0.2, 0.25) is 0 Å². The Balaban J connectivity index is 0.00000300. The highest BCUT2D eigenvalue weighted by molar-refractivity contribution is 7.59. The highest BCUT2D eigenvalue weighted by atomic mass is 32.1. The summed E-state index contributed by atoms with van der Waals surface area (Å²) in [5.41, 5.74) is 8.36. The molecule has 2 aromatic heterocycles. The average Bonchev–Trinajstić information content (AvgIpc) is 3.10. The number of methoxy groups -OCH3 is 2. The largest absolute Gasteiger partial charge is 0.496 e. The first kappa shape index (κ1) is 22.6. The second-order valence-electron chi connectivity index (χ2n) is 6.56. The molecule has 8 nitrogen and oxygen atoms in total. The Morgan fingerprint density at radius 2 is 1.86 bits per heavy atom. The molecule has 0 saturated carbocycles. The molecule has 0 aliphatic carbocycles. The Bertz CT molecular complexity index is 925. The molecule has 29 heavy (non-hydrogen) atoms. The predicted octanol–water partition coefficient (Wildman–Crippen LogP) is 2.76. The number of aliphatic hydroxyl groups excluding tert-OH is 1. The minimum absolute atomic E-state index is 0. The quantitative estimate of drug-likeness (QED) is 0.489. The summed E-state index contributed by atoms with van der Waals surface area (Å²) in [5, 5.41) is 13.0. The Labute approximate surface area is 177 Å². The van der Waals surface area contributed by atoms with Crippen LogP contribution in [-0.4, -0.2) is 46.5 Å². The first-order valence-electron chi connectivity index (χ1n) is 9.30. The molecule has 0 fully saturated rings.